The molecule has 30 heavy (non-hydrogen) atoms. The fourth-order valence-corrected chi connectivity index (χ4v) is 4.86. The maximum absolute atomic E-state index is 13.2. The molecule has 3 aromatic rings. The van der Waals surface area contributed by atoms with Crippen molar-refractivity contribution in [2.45, 2.75) is 18.9 Å². The van der Waals surface area contributed by atoms with Gasteiger partial charge in [-0.25, -0.2) is 0 Å². The molecular weight excluding hydrogens is 378 g/mol. The van der Waals surface area contributed by atoms with E-state index in [2.05, 4.69) is 4.98 Å². The Labute approximate surface area is 174 Å². The van der Waals surface area contributed by atoms with Gasteiger partial charge in [-0.1, -0.05) is 6.07 Å². The van der Waals surface area contributed by atoms with Gasteiger partial charge >= 0.3 is 0 Å². The van der Waals surface area contributed by atoms with Crippen LogP contribution in [0.1, 0.15) is 28.4 Å². The lowest BCUT2D eigenvalue weighted by Gasteiger charge is -2.43. The number of fused-ring (bicyclic) bond motifs is 4. The van der Waals surface area contributed by atoms with Gasteiger partial charge in [0.05, 0.1) is 7.11 Å². The molecule has 2 atom stereocenters. The predicted octanol–water partition coefficient (Wildman–Crippen LogP) is 3.18. The predicted molar refractivity (Wildman–Crippen MR) is 114 cm³/mol. The van der Waals surface area contributed by atoms with Crippen LogP contribution in [0.2, 0.25) is 0 Å². The van der Waals surface area contributed by atoms with Crippen molar-refractivity contribution in [3.05, 3.63) is 82.5 Å². The molecule has 5 rings (SSSR count). The van der Waals surface area contributed by atoms with E-state index in [1.54, 1.807) is 19.4 Å². The number of likely N-dealkylation sites (tertiary alicyclic amines) is 1. The Balaban J connectivity index is 1.50. The van der Waals surface area contributed by atoms with Gasteiger partial charge in [0.25, 0.3) is 11.5 Å². The van der Waals surface area contributed by atoms with Crippen LogP contribution in [0.25, 0.3) is 11.1 Å². The summed E-state index contributed by atoms with van der Waals surface area (Å²) in [5, 5.41) is 0. The third-order valence-electron chi connectivity index (χ3n) is 6.19. The number of pyridine rings is 2. The minimum atomic E-state index is 0.0296. The fourth-order valence-electron chi connectivity index (χ4n) is 4.86. The average molecular weight is 401 g/mol. The lowest BCUT2D eigenvalue weighted by molar-refractivity contribution is 0.0595. The zero-order valence-corrected chi connectivity index (χ0v) is 16.8. The molecule has 2 aromatic heterocycles. The molecule has 6 heteroatoms. The summed E-state index contributed by atoms with van der Waals surface area (Å²) in [5.41, 5.74) is 3.75. The van der Waals surface area contributed by atoms with Gasteiger partial charge < -0.3 is 14.2 Å². The van der Waals surface area contributed by atoms with Crippen molar-refractivity contribution < 1.29 is 9.53 Å². The molecule has 1 aromatic carbocycles. The standard InChI is InChI=1S/C24H23N3O3/c1-30-20-6-4-17(5-7-20)24(29)26-13-16-11-19(15-26)23-21(18-3-2-10-25-12-18)8-9-22(28)27(23)14-16/h2-10,12,16,19H,11,13-15H2,1H3/t16-,19+/m0/s1. The highest BCUT2D eigenvalue weighted by Gasteiger charge is 2.38. The van der Waals surface area contributed by atoms with Crippen molar-refractivity contribution in [3.63, 3.8) is 0 Å². The van der Waals surface area contributed by atoms with Gasteiger partial charge in [0.2, 0.25) is 0 Å². The van der Waals surface area contributed by atoms with Crippen molar-refractivity contribution in [2.24, 2.45) is 5.92 Å². The minimum Gasteiger partial charge on any atom is -0.497 e. The highest BCUT2D eigenvalue weighted by Crippen LogP contribution is 2.40. The molecule has 1 fully saturated rings. The summed E-state index contributed by atoms with van der Waals surface area (Å²) in [7, 11) is 1.61. The number of benzene rings is 1. The largest absolute Gasteiger partial charge is 0.497 e. The molecule has 2 bridgehead atoms. The molecule has 152 valence electrons. The molecule has 0 N–H and O–H groups in total. The Kier molecular flexibility index (Phi) is 4.62. The van der Waals surface area contributed by atoms with Crippen LogP contribution in [0.4, 0.5) is 0 Å². The monoisotopic (exact) mass is 401 g/mol. The van der Waals surface area contributed by atoms with E-state index in [-0.39, 0.29) is 23.3 Å². The van der Waals surface area contributed by atoms with Crippen LogP contribution in [-0.2, 0) is 6.54 Å². The van der Waals surface area contributed by atoms with E-state index < -0.39 is 0 Å². The van der Waals surface area contributed by atoms with E-state index in [0.29, 0.717) is 25.2 Å². The van der Waals surface area contributed by atoms with Crippen molar-refractivity contribution in [2.75, 3.05) is 20.2 Å². The molecule has 2 aliphatic rings. The first-order valence-electron chi connectivity index (χ1n) is 10.2. The number of rotatable bonds is 3. The van der Waals surface area contributed by atoms with Gasteiger partial charge in [0.1, 0.15) is 5.75 Å². The van der Waals surface area contributed by atoms with Crippen LogP contribution in [0, 0.1) is 5.92 Å². The number of aromatic nitrogens is 2. The topological polar surface area (TPSA) is 64.4 Å². The van der Waals surface area contributed by atoms with Crippen LogP contribution in [0.5, 0.6) is 5.75 Å². The van der Waals surface area contributed by atoms with Crippen molar-refractivity contribution in [3.8, 4) is 16.9 Å². The van der Waals surface area contributed by atoms with E-state index >= 15 is 0 Å². The van der Waals surface area contributed by atoms with Crippen molar-refractivity contribution in [1.82, 2.24) is 14.5 Å². The summed E-state index contributed by atoms with van der Waals surface area (Å²) in [4.78, 5) is 32.0. The van der Waals surface area contributed by atoms with Gasteiger partial charge in [-0.15, -0.1) is 0 Å². The lowest BCUT2D eigenvalue weighted by atomic mass is 9.80. The van der Waals surface area contributed by atoms with Gasteiger partial charge in [0, 0.05) is 66.4 Å². The first-order chi connectivity index (χ1) is 14.6. The van der Waals surface area contributed by atoms with Gasteiger partial charge in [-0.3, -0.25) is 14.6 Å². The summed E-state index contributed by atoms with van der Waals surface area (Å²) in [5.74, 6) is 1.17. The van der Waals surface area contributed by atoms with Crippen LogP contribution in [0.3, 0.4) is 0 Å². The Hall–Kier alpha value is -3.41. The molecule has 6 nitrogen and oxygen atoms in total. The number of piperidine rings is 1. The van der Waals surface area contributed by atoms with E-state index in [1.807, 2.05) is 58.1 Å². The summed E-state index contributed by atoms with van der Waals surface area (Å²) in [6.45, 7) is 1.92. The summed E-state index contributed by atoms with van der Waals surface area (Å²) >= 11 is 0. The van der Waals surface area contributed by atoms with Crippen molar-refractivity contribution in [1.29, 1.82) is 0 Å². The zero-order chi connectivity index (χ0) is 20.7. The van der Waals surface area contributed by atoms with Crippen LogP contribution < -0.4 is 10.3 Å². The first-order valence-corrected chi connectivity index (χ1v) is 10.2. The van der Waals surface area contributed by atoms with Crippen LogP contribution in [-0.4, -0.2) is 40.6 Å². The van der Waals surface area contributed by atoms with Crippen molar-refractivity contribution >= 4 is 5.91 Å². The average Bonchev–Trinajstić information content (AvgIpc) is 2.80. The molecule has 1 saturated heterocycles. The highest BCUT2D eigenvalue weighted by molar-refractivity contribution is 5.94. The number of carbonyl (C=O) groups excluding carboxylic acids is 1. The summed E-state index contributed by atoms with van der Waals surface area (Å²) in [6, 6.07) is 14.7. The van der Waals surface area contributed by atoms with Crippen LogP contribution >= 0.6 is 0 Å². The molecular formula is C24H23N3O3. The van der Waals surface area contributed by atoms with E-state index in [4.69, 9.17) is 4.74 Å². The van der Waals surface area contributed by atoms with E-state index in [0.717, 1.165) is 29.0 Å². The number of nitrogens with zero attached hydrogens (tertiary/aromatic N) is 3. The second-order valence-corrected chi connectivity index (χ2v) is 8.06. The lowest BCUT2D eigenvalue weighted by Crippen LogP contribution is -2.49. The molecule has 0 spiro atoms. The van der Waals surface area contributed by atoms with Gasteiger partial charge in [-0.2, -0.15) is 0 Å². The van der Waals surface area contributed by atoms with Gasteiger partial charge in [0.15, 0.2) is 0 Å². The normalized spacial score (nSPS) is 19.8. The van der Waals surface area contributed by atoms with Crippen LogP contribution in [0.15, 0.2) is 65.7 Å². The number of carbonyl (C=O) groups is 1. The SMILES string of the molecule is COc1ccc(C(=O)N2C[C@@H]3C[C@H](C2)c2c(-c4cccnc4)ccc(=O)n2C3)cc1. The highest BCUT2D eigenvalue weighted by atomic mass is 16.5. The van der Waals surface area contributed by atoms with E-state index in [1.165, 1.54) is 0 Å². The molecule has 2 aliphatic heterocycles. The Morgan fingerprint density at radius 3 is 2.63 bits per heavy atom. The first kappa shape index (κ1) is 18.6. The maximum Gasteiger partial charge on any atom is 0.253 e. The molecule has 0 radical (unpaired) electrons. The second-order valence-electron chi connectivity index (χ2n) is 8.06. The quantitative estimate of drug-likeness (QED) is 0.676. The molecule has 4 heterocycles. The molecule has 0 saturated carbocycles. The number of amides is 1. The maximum atomic E-state index is 13.2. The fraction of sp³-hybridized carbons (Fsp3) is 0.292. The third kappa shape index (κ3) is 3.18. The number of hydrogen-bond donors (Lipinski definition) is 0. The molecule has 1 amide bonds. The molecule has 0 aliphatic carbocycles. The minimum absolute atomic E-state index is 0.0296. The molecule has 0 unspecified atom stereocenters. The Bertz CT molecular complexity index is 1140. The third-order valence-corrected chi connectivity index (χ3v) is 6.19. The number of methoxy groups -OCH3 is 1. The Morgan fingerprint density at radius 2 is 1.90 bits per heavy atom. The Morgan fingerprint density at radius 1 is 1.07 bits per heavy atom. The number of ether oxygens (including phenoxy) is 1. The number of hydrogen-bond acceptors (Lipinski definition) is 4. The smallest absolute Gasteiger partial charge is 0.253 e. The zero-order valence-electron chi connectivity index (χ0n) is 16.8. The summed E-state index contributed by atoms with van der Waals surface area (Å²) < 4.78 is 7.11. The summed E-state index contributed by atoms with van der Waals surface area (Å²) in [6.07, 6.45) is 4.57. The second kappa shape index (κ2) is 7.44. The van der Waals surface area contributed by atoms with E-state index in [9.17, 15) is 9.59 Å². The van der Waals surface area contributed by atoms with Gasteiger partial charge in [-0.05, 0) is 48.7 Å².